The van der Waals surface area contributed by atoms with E-state index in [1.165, 1.54) is 0 Å². The zero-order chi connectivity index (χ0) is 25.7. The minimum absolute atomic E-state index is 0.0927. The van der Waals surface area contributed by atoms with Crippen molar-refractivity contribution in [3.63, 3.8) is 0 Å². The Hall–Kier alpha value is -5.36. The molecule has 6 aromatic rings. The Kier molecular flexibility index (Phi) is 6.27. The number of fused-ring (bicyclic) bond motifs is 2. The van der Waals surface area contributed by atoms with Crippen LogP contribution >= 0.6 is 0 Å². The number of phenols is 1. The highest BCUT2D eigenvalue weighted by atomic mass is 16.3. The molecule has 6 rings (SSSR count). The second-order valence-electron chi connectivity index (χ2n) is 8.75. The van der Waals surface area contributed by atoms with E-state index in [9.17, 15) is 5.11 Å². The van der Waals surface area contributed by atoms with E-state index in [2.05, 4.69) is 25.8 Å². The Labute approximate surface area is 219 Å². The monoisotopic (exact) mass is 493 g/mol. The predicted octanol–water partition coefficient (Wildman–Crippen LogP) is 10.3. The summed E-state index contributed by atoms with van der Waals surface area (Å²) in [7, 11) is 0. The van der Waals surface area contributed by atoms with Crippen molar-refractivity contribution in [1.82, 2.24) is 0 Å². The van der Waals surface area contributed by atoms with Gasteiger partial charge in [0.1, 0.15) is 5.69 Å². The fraction of sp³-hybridized carbons (Fsp3) is 0. The largest absolute Gasteiger partial charge is 0.505 e. The van der Waals surface area contributed by atoms with E-state index < -0.39 is 0 Å². The Morgan fingerprint density at radius 1 is 0.447 bits per heavy atom. The maximum atomic E-state index is 10.9. The lowest BCUT2D eigenvalue weighted by Gasteiger charge is -2.09. The maximum absolute atomic E-state index is 10.9. The number of azo groups is 2. The molecule has 0 bridgehead atoms. The topological polar surface area (TPSA) is 81.7 Å². The molecule has 182 valence electrons. The predicted molar refractivity (Wildman–Crippen MR) is 154 cm³/mol. The standard InChI is InChI=1S/C32H23N5O/c38-32-26-17-16-25(33-23-9-3-1-4-10-23)21-22(26)15-18-31(32)37-36-30-20-19-29(27-13-7-8-14-28(27)30)35-34-24-11-5-2-6-12-24/h1-21,33,38H. The molecule has 0 heterocycles. The van der Waals surface area contributed by atoms with E-state index in [0.717, 1.165) is 38.9 Å². The number of nitrogens with one attached hydrogen (secondary N) is 1. The van der Waals surface area contributed by atoms with Crippen molar-refractivity contribution < 1.29 is 5.11 Å². The lowest BCUT2D eigenvalue weighted by Crippen LogP contribution is -1.89. The van der Waals surface area contributed by atoms with Crippen LogP contribution < -0.4 is 5.32 Å². The van der Waals surface area contributed by atoms with Gasteiger partial charge in [-0.2, -0.15) is 5.11 Å². The number of hydrogen-bond donors (Lipinski definition) is 2. The Bertz CT molecular complexity index is 1800. The molecule has 6 heteroatoms. The molecule has 0 saturated heterocycles. The summed E-state index contributed by atoms with van der Waals surface area (Å²) in [5.74, 6) is 0.0927. The average molecular weight is 494 g/mol. The van der Waals surface area contributed by atoms with Gasteiger partial charge in [0.2, 0.25) is 0 Å². The molecule has 6 aromatic carbocycles. The lowest BCUT2D eigenvalue weighted by molar-refractivity contribution is 0.482. The van der Waals surface area contributed by atoms with Gasteiger partial charge in [0.15, 0.2) is 5.75 Å². The van der Waals surface area contributed by atoms with Gasteiger partial charge in [0, 0.05) is 27.5 Å². The van der Waals surface area contributed by atoms with Crippen LogP contribution in [0.2, 0.25) is 0 Å². The molecule has 6 nitrogen and oxygen atoms in total. The fourth-order valence-electron chi connectivity index (χ4n) is 4.30. The summed E-state index contributed by atoms with van der Waals surface area (Å²) in [6.07, 6.45) is 0. The first-order chi connectivity index (χ1) is 18.7. The first kappa shape index (κ1) is 23.1. The summed E-state index contributed by atoms with van der Waals surface area (Å²) in [6.45, 7) is 0. The van der Waals surface area contributed by atoms with Gasteiger partial charge in [0.25, 0.3) is 0 Å². The number of nitrogens with zero attached hydrogens (tertiary/aromatic N) is 4. The van der Waals surface area contributed by atoms with Crippen molar-refractivity contribution in [2.75, 3.05) is 5.32 Å². The van der Waals surface area contributed by atoms with Gasteiger partial charge in [0.05, 0.1) is 17.1 Å². The van der Waals surface area contributed by atoms with E-state index >= 15 is 0 Å². The molecule has 38 heavy (non-hydrogen) atoms. The molecule has 0 unspecified atom stereocenters. The minimum atomic E-state index is 0.0927. The van der Waals surface area contributed by atoms with Crippen molar-refractivity contribution in [3.05, 3.63) is 127 Å². The molecule has 0 radical (unpaired) electrons. The van der Waals surface area contributed by atoms with Crippen LogP contribution in [-0.2, 0) is 0 Å². The fourth-order valence-corrected chi connectivity index (χ4v) is 4.30. The van der Waals surface area contributed by atoms with Crippen LogP contribution in [0, 0.1) is 0 Å². The normalized spacial score (nSPS) is 11.6. The number of anilines is 2. The van der Waals surface area contributed by atoms with Crippen molar-refractivity contribution in [2.45, 2.75) is 0 Å². The molecular weight excluding hydrogens is 470 g/mol. The highest BCUT2D eigenvalue weighted by molar-refractivity contribution is 6.00. The maximum Gasteiger partial charge on any atom is 0.150 e. The van der Waals surface area contributed by atoms with Gasteiger partial charge < -0.3 is 10.4 Å². The number of phenolic OH excluding ortho intramolecular Hbond substituents is 1. The zero-order valence-electron chi connectivity index (χ0n) is 20.4. The number of rotatable bonds is 6. The van der Waals surface area contributed by atoms with Crippen LogP contribution in [0.25, 0.3) is 21.5 Å². The summed E-state index contributed by atoms with van der Waals surface area (Å²) in [4.78, 5) is 0. The van der Waals surface area contributed by atoms with Gasteiger partial charge in [-0.15, -0.1) is 15.3 Å². The van der Waals surface area contributed by atoms with Crippen LogP contribution in [0.4, 0.5) is 34.1 Å². The number of aromatic hydroxyl groups is 1. The van der Waals surface area contributed by atoms with E-state index in [1.54, 1.807) is 6.07 Å². The van der Waals surface area contributed by atoms with E-state index in [4.69, 9.17) is 0 Å². The van der Waals surface area contributed by atoms with Gasteiger partial charge in [-0.3, -0.25) is 0 Å². The third kappa shape index (κ3) is 4.83. The minimum Gasteiger partial charge on any atom is -0.505 e. The molecule has 0 amide bonds. The third-order valence-corrected chi connectivity index (χ3v) is 6.21. The van der Waals surface area contributed by atoms with Crippen molar-refractivity contribution in [2.24, 2.45) is 20.5 Å². The Morgan fingerprint density at radius 2 is 1.03 bits per heavy atom. The molecule has 0 aliphatic heterocycles. The first-order valence-corrected chi connectivity index (χ1v) is 12.2. The summed E-state index contributed by atoms with van der Waals surface area (Å²) >= 11 is 0. The lowest BCUT2D eigenvalue weighted by atomic mass is 10.1. The Balaban J connectivity index is 1.29. The molecule has 0 aromatic heterocycles. The SMILES string of the molecule is Oc1c(N=Nc2ccc(N=Nc3ccccc3)c3ccccc23)ccc2cc(Nc3ccccc3)ccc12. The number of para-hydroxylation sites is 1. The summed E-state index contributed by atoms with van der Waals surface area (Å²) in [5, 5.41) is 35.4. The second-order valence-corrected chi connectivity index (χ2v) is 8.75. The molecule has 0 aliphatic carbocycles. The Morgan fingerprint density at radius 3 is 1.74 bits per heavy atom. The van der Waals surface area contributed by atoms with Gasteiger partial charge in [-0.05, 0) is 66.0 Å². The van der Waals surface area contributed by atoms with Crippen LogP contribution in [0.1, 0.15) is 0 Å². The smallest absolute Gasteiger partial charge is 0.150 e. The zero-order valence-corrected chi connectivity index (χ0v) is 20.4. The number of benzene rings is 6. The third-order valence-electron chi connectivity index (χ3n) is 6.21. The summed E-state index contributed by atoms with van der Waals surface area (Å²) in [6, 6.07) is 40.7. The quantitative estimate of drug-likeness (QED) is 0.226. The molecule has 0 atom stereocenters. The van der Waals surface area contributed by atoms with E-state index in [0.29, 0.717) is 16.8 Å². The average Bonchev–Trinajstić information content (AvgIpc) is 2.97. The van der Waals surface area contributed by atoms with Crippen molar-refractivity contribution in [1.29, 1.82) is 0 Å². The second kappa shape index (κ2) is 10.3. The molecule has 0 aliphatic rings. The highest BCUT2D eigenvalue weighted by Crippen LogP contribution is 2.39. The molecular formula is C32H23N5O. The van der Waals surface area contributed by atoms with Crippen molar-refractivity contribution in [3.8, 4) is 5.75 Å². The molecule has 0 spiro atoms. The highest BCUT2D eigenvalue weighted by Gasteiger charge is 2.09. The van der Waals surface area contributed by atoms with Gasteiger partial charge >= 0.3 is 0 Å². The molecule has 0 fully saturated rings. The molecule has 2 N–H and O–H groups in total. The van der Waals surface area contributed by atoms with E-state index in [1.807, 2.05) is 121 Å². The van der Waals surface area contributed by atoms with Gasteiger partial charge in [-0.25, -0.2) is 0 Å². The van der Waals surface area contributed by atoms with Gasteiger partial charge in [-0.1, -0.05) is 66.7 Å². The van der Waals surface area contributed by atoms with Crippen LogP contribution in [0.3, 0.4) is 0 Å². The van der Waals surface area contributed by atoms with E-state index in [-0.39, 0.29) is 5.75 Å². The van der Waals surface area contributed by atoms with Crippen LogP contribution in [0.5, 0.6) is 5.75 Å². The number of hydrogen-bond acceptors (Lipinski definition) is 6. The molecule has 0 saturated carbocycles. The van der Waals surface area contributed by atoms with Crippen LogP contribution in [-0.4, -0.2) is 5.11 Å². The summed E-state index contributed by atoms with van der Waals surface area (Å²) < 4.78 is 0. The first-order valence-electron chi connectivity index (χ1n) is 12.2. The van der Waals surface area contributed by atoms with Crippen molar-refractivity contribution >= 4 is 55.7 Å². The summed E-state index contributed by atoms with van der Waals surface area (Å²) in [5.41, 5.74) is 4.56. The van der Waals surface area contributed by atoms with Crippen LogP contribution in [0.15, 0.2) is 148 Å².